The lowest BCUT2D eigenvalue weighted by molar-refractivity contribution is -0.132. The lowest BCUT2D eigenvalue weighted by Gasteiger charge is -2.27. The molecule has 2 nitrogen and oxygen atoms in total. The summed E-state index contributed by atoms with van der Waals surface area (Å²) in [5, 5.41) is 2.86. The van der Waals surface area contributed by atoms with Crippen LogP contribution in [0.1, 0.15) is 19.8 Å². The fourth-order valence-electron chi connectivity index (χ4n) is 1.13. The van der Waals surface area contributed by atoms with Crippen molar-refractivity contribution in [3.63, 3.8) is 0 Å². The van der Waals surface area contributed by atoms with E-state index in [1.165, 1.54) is 0 Å². The van der Waals surface area contributed by atoms with E-state index in [0.29, 0.717) is 19.4 Å². The Labute approximate surface area is 59.8 Å². The minimum atomic E-state index is -1.57. The maximum Gasteiger partial charge on any atom is 0.180 e. The number of halogens is 1. The first-order valence-corrected chi connectivity index (χ1v) is 3.62. The predicted molar refractivity (Wildman–Crippen MR) is 36.6 cm³/mol. The van der Waals surface area contributed by atoms with Crippen LogP contribution in [0.25, 0.3) is 0 Å². The molecule has 1 heterocycles. The second-order valence-corrected chi connectivity index (χ2v) is 2.67. The maximum atomic E-state index is 13.3. The van der Waals surface area contributed by atoms with Crippen molar-refractivity contribution in [2.24, 2.45) is 0 Å². The lowest BCUT2D eigenvalue weighted by Crippen LogP contribution is -2.49. The number of hydrogen-bond donors (Lipinski definition) is 1. The summed E-state index contributed by atoms with van der Waals surface area (Å²) in [6.07, 6.45) is 0.628. The van der Waals surface area contributed by atoms with E-state index in [2.05, 4.69) is 5.32 Å². The summed E-state index contributed by atoms with van der Waals surface area (Å²) in [6, 6.07) is 0. The fourth-order valence-corrected chi connectivity index (χ4v) is 1.13. The summed E-state index contributed by atoms with van der Waals surface area (Å²) >= 11 is 0. The molecule has 10 heavy (non-hydrogen) atoms. The van der Waals surface area contributed by atoms with E-state index >= 15 is 0 Å². The predicted octanol–water partition coefficient (Wildman–Crippen LogP) is 0.667. The highest BCUT2D eigenvalue weighted by Gasteiger charge is 2.37. The molecule has 0 radical (unpaired) electrons. The number of ketones is 1. The molecule has 1 aliphatic heterocycles. The van der Waals surface area contributed by atoms with E-state index in [1.807, 2.05) is 0 Å². The number of hydrogen-bond acceptors (Lipinski definition) is 2. The third-order valence-corrected chi connectivity index (χ3v) is 1.99. The zero-order valence-electron chi connectivity index (χ0n) is 6.11. The molecule has 1 rings (SSSR count). The van der Waals surface area contributed by atoms with E-state index in [-0.39, 0.29) is 12.3 Å². The molecule has 3 heteroatoms. The average molecular weight is 145 g/mol. The van der Waals surface area contributed by atoms with E-state index in [4.69, 9.17) is 0 Å². The molecule has 0 aromatic heterocycles. The fraction of sp³-hybridized carbons (Fsp3) is 0.857. The standard InChI is InChI=1S/C7H12FNO/c1-2-7(8)5-9-4-3-6(7)10/h9H,2-5H2,1H3. The zero-order chi connectivity index (χ0) is 7.61. The van der Waals surface area contributed by atoms with Crippen molar-refractivity contribution < 1.29 is 9.18 Å². The van der Waals surface area contributed by atoms with Gasteiger partial charge in [-0.15, -0.1) is 0 Å². The molecule has 0 aliphatic carbocycles. The molecule has 1 atom stereocenters. The van der Waals surface area contributed by atoms with Gasteiger partial charge in [0.05, 0.1) is 0 Å². The van der Waals surface area contributed by atoms with Crippen LogP contribution in [0, 0.1) is 0 Å². The number of carbonyl (C=O) groups excluding carboxylic acids is 1. The van der Waals surface area contributed by atoms with Crippen LogP contribution in [0.5, 0.6) is 0 Å². The summed E-state index contributed by atoms with van der Waals surface area (Å²) in [6.45, 7) is 2.53. The first kappa shape index (κ1) is 7.66. The molecule has 58 valence electrons. The van der Waals surface area contributed by atoms with Crippen molar-refractivity contribution in [3.8, 4) is 0 Å². The van der Waals surface area contributed by atoms with Crippen molar-refractivity contribution in [2.45, 2.75) is 25.4 Å². The SMILES string of the molecule is CCC1(F)CNCCC1=O. The average Bonchev–Trinajstić information content (AvgIpc) is 1.96. The van der Waals surface area contributed by atoms with Gasteiger partial charge in [0.2, 0.25) is 0 Å². The molecule has 0 amide bonds. The van der Waals surface area contributed by atoms with Gasteiger partial charge in [-0.1, -0.05) is 6.92 Å². The highest BCUT2D eigenvalue weighted by Crippen LogP contribution is 2.20. The number of nitrogens with one attached hydrogen (secondary N) is 1. The molecular weight excluding hydrogens is 133 g/mol. The summed E-state index contributed by atoms with van der Waals surface area (Å²) in [5.74, 6) is -0.242. The van der Waals surface area contributed by atoms with Crippen LogP contribution in [-0.2, 0) is 4.79 Å². The van der Waals surface area contributed by atoms with Crippen molar-refractivity contribution in [2.75, 3.05) is 13.1 Å². The van der Waals surface area contributed by atoms with Gasteiger partial charge in [-0.3, -0.25) is 4.79 Å². The molecule has 1 saturated heterocycles. The normalized spacial score (nSPS) is 34.4. The summed E-state index contributed by atoms with van der Waals surface area (Å²) in [5.41, 5.74) is -1.57. The van der Waals surface area contributed by atoms with Crippen LogP contribution >= 0.6 is 0 Å². The van der Waals surface area contributed by atoms with E-state index < -0.39 is 5.67 Å². The third-order valence-electron chi connectivity index (χ3n) is 1.99. The molecular formula is C7H12FNO. The van der Waals surface area contributed by atoms with Crippen LogP contribution in [0.2, 0.25) is 0 Å². The van der Waals surface area contributed by atoms with Gasteiger partial charge in [0.1, 0.15) is 0 Å². The van der Waals surface area contributed by atoms with Crippen molar-refractivity contribution in [1.29, 1.82) is 0 Å². The Balaban J connectivity index is 2.63. The van der Waals surface area contributed by atoms with Crippen LogP contribution in [0.15, 0.2) is 0 Å². The third kappa shape index (κ3) is 1.19. The van der Waals surface area contributed by atoms with Gasteiger partial charge < -0.3 is 5.32 Å². The van der Waals surface area contributed by atoms with E-state index in [9.17, 15) is 9.18 Å². The summed E-state index contributed by atoms with van der Waals surface area (Å²) < 4.78 is 13.3. The molecule has 1 fully saturated rings. The van der Waals surface area contributed by atoms with Gasteiger partial charge in [-0.2, -0.15) is 0 Å². The molecule has 0 saturated carbocycles. The van der Waals surface area contributed by atoms with Crippen LogP contribution in [-0.4, -0.2) is 24.5 Å². The van der Waals surface area contributed by atoms with Crippen molar-refractivity contribution >= 4 is 5.78 Å². The topological polar surface area (TPSA) is 29.1 Å². The number of carbonyl (C=O) groups is 1. The second-order valence-electron chi connectivity index (χ2n) is 2.67. The number of alkyl halides is 1. The number of piperidine rings is 1. The van der Waals surface area contributed by atoms with Crippen LogP contribution in [0.4, 0.5) is 4.39 Å². The summed E-state index contributed by atoms with van der Waals surface area (Å²) in [7, 11) is 0. The smallest absolute Gasteiger partial charge is 0.180 e. The van der Waals surface area contributed by atoms with Gasteiger partial charge in [0, 0.05) is 19.5 Å². The Hall–Kier alpha value is -0.440. The highest BCUT2D eigenvalue weighted by molar-refractivity contribution is 5.88. The van der Waals surface area contributed by atoms with Gasteiger partial charge in [0.15, 0.2) is 11.5 Å². The van der Waals surface area contributed by atoms with E-state index in [1.54, 1.807) is 6.92 Å². The Morgan fingerprint density at radius 3 is 2.90 bits per heavy atom. The molecule has 0 aromatic rings. The van der Waals surface area contributed by atoms with Gasteiger partial charge in [0.25, 0.3) is 0 Å². The minimum absolute atomic E-state index is 0.197. The number of rotatable bonds is 1. The molecule has 0 aromatic carbocycles. The van der Waals surface area contributed by atoms with Gasteiger partial charge >= 0.3 is 0 Å². The van der Waals surface area contributed by atoms with Crippen LogP contribution < -0.4 is 5.32 Å². The molecule has 1 N–H and O–H groups in total. The van der Waals surface area contributed by atoms with Gasteiger partial charge in [-0.25, -0.2) is 4.39 Å². The van der Waals surface area contributed by atoms with Crippen LogP contribution in [0.3, 0.4) is 0 Å². The maximum absolute atomic E-state index is 13.3. The zero-order valence-corrected chi connectivity index (χ0v) is 6.11. The number of Topliss-reactive ketones (excluding diaryl/α,β-unsaturated/α-hetero) is 1. The minimum Gasteiger partial charge on any atom is -0.313 e. The largest absolute Gasteiger partial charge is 0.313 e. The monoisotopic (exact) mass is 145 g/mol. The first-order chi connectivity index (χ1) is 4.69. The molecule has 0 spiro atoms. The molecule has 1 unspecified atom stereocenters. The molecule has 0 bridgehead atoms. The summed E-state index contributed by atoms with van der Waals surface area (Å²) in [4.78, 5) is 10.9. The second kappa shape index (κ2) is 2.66. The Bertz CT molecular complexity index is 149. The Morgan fingerprint density at radius 1 is 1.80 bits per heavy atom. The van der Waals surface area contributed by atoms with Crippen molar-refractivity contribution in [1.82, 2.24) is 5.32 Å². The Kier molecular flexibility index (Phi) is 2.04. The van der Waals surface area contributed by atoms with Crippen molar-refractivity contribution in [3.05, 3.63) is 0 Å². The highest BCUT2D eigenvalue weighted by atomic mass is 19.1. The quantitative estimate of drug-likeness (QED) is 0.587. The van der Waals surface area contributed by atoms with Gasteiger partial charge in [-0.05, 0) is 6.42 Å². The molecule has 1 aliphatic rings. The van der Waals surface area contributed by atoms with E-state index in [0.717, 1.165) is 0 Å². The lowest BCUT2D eigenvalue weighted by atomic mass is 9.92. The Morgan fingerprint density at radius 2 is 2.50 bits per heavy atom. The first-order valence-electron chi connectivity index (χ1n) is 3.62.